The van der Waals surface area contributed by atoms with Crippen LogP contribution in [0.4, 0.5) is 4.79 Å². The van der Waals surface area contributed by atoms with Crippen molar-refractivity contribution in [2.45, 2.75) is 49.9 Å². The van der Waals surface area contributed by atoms with Crippen LogP contribution in [-0.4, -0.2) is 46.8 Å². The summed E-state index contributed by atoms with van der Waals surface area (Å²) in [6, 6.07) is 6.87. The van der Waals surface area contributed by atoms with Gasteiger partial charge in [-0.15, -0.1) is 0 Å². The summed E-state index contributed by atoms with van der Waals surface area (Å²) in [5.41, 5.74) is 3.20. The highest BCUT2D eigenvalue weighted by atomic mass is 32.2. The molecule has 2 saturated heterocycles. The van der Waals surface area contributed by atoms with Crippen molar-refractivity contribution in [1.82, 2.24) is 16.1 Å². The van der Waals surface area contributed by atoms with Gasteiger partial charge in [-0.2, -0.15) is 17.2 Å². The first-order valence-electron chi connectivity index (χ1n) is 9.23. The highest BCUT2D eigenvalue weighted by Gasteiger charge is 2.42. The lowest BCUT2D eigenvalue weighted by Gasteiger charge is -2.16. The number of thioether (sulfide) groups is 1. The number of rotatable bonds is 7. The Morgan fingerprint density at radius 1 is 1.18 bits per heavy atom. The Morgan fingerprint density at radius 2 is 1.93 bits per heavy atom. The molecule has 9 heteroatoms. The zero-order valence-corrected chi connectivity index (χ0v) is 16.3. The van der Waals surface area contributed by atoms with Gasteiger partial charge in [0.2, 0.25) is 5.78 Å². The summed E-state index contributed by atoms with van der Waals surface area (Å²) >= 11 is 1.81. The first-order valence-corrected chi connectivity index (χ1v) is 10.3. The minimum Gasteiger partial charge on any atom is -0.335 e. The van der Waals surface area contributed by atoms with Gasteiger partial charge in [-0.3, -0.25) is 9.59 Å². The van der Waals surface area contributed by atoms with E-state index >= 15 is 0 Å². The van der Waals surface area contributed by atoms with E-state index in [1.54, 1.807) is 24.3 Å². The highest BCUT2D eigenvalue weighted by Crippen LogP contribution is 2.33. The standard InChI is InChI=1S/C19H23N3O5S/c1-11-6-8-12(9-7-11)18(25)27-22-17(24)14(23)4-2-3-5-15-16-13(10-28-15)20-19(26)21-16/h6-9,13,15-16H,2-5,10H2,1H3,(H,22,24)(H2,20,21,26)/t13-,15-,16-/m0/s1. The predicted molar refractivity (Wildman–Crippen MR) is 104 cm³/mol. The average Bonchev–Trinajstić information content (AvgIpc) is 3.22. The molecule has 0 bridgehead atoms. The SMILES string of the molecule is Cc1ccc(C(=O)ONC(=O)C(=O)CCCC[C@@H]2SC[C@@H]3NC(=O)N[C@@H]32)cc1. The Hall–Kier alpha value is -2.55. The lowest BCUT2D eigenvalue weighted by molar-refractivity contribution is -0.143. The summed E-state index contributed by atoms with van der Waals surface area (Å²) in [5.74, 6) is -1.38. The van der Waals surface area contributed by atoms with Crippen LogP contribution in [-0.2, 0) is 14.4 Å². The van der Waals surface area contributed by atoms with Gasteiger partial charge in [-0.25, -0.2) is 9.59 Å². The minimum atomic E-state index is -0.928. The Balaban J connectivity index is 1.32. The van der Waals surface area contributed by atoms with E-state index in [4.69, 9.17) is 0 Å². The van der Waals surface area contributed by atoms with Gasteiger partial charge in [-0.1, -0.05) is 24.1 Å². The van der Waals surface area contributed by atoms with Crippen LogP contribution in [0.5, 0.6) is 0 Å². The number of hydrogen-bond acceptors (Lipinski definition) is 6. The van der Waals surface area contributed by atoms with Crippen molar-refractivity contribution >= 4 is 35.5 Å². The van der Waals surface area contributed by atoms with Gasteiger partial charge in [0.25, 0.3) is 0 Å². The van der Waals surface area contributed by atoms with Gasteiger partial charge in [-0.05, 0) is 31.9 Å². The predicted octanol–water partition coefficient (Wildman–Crippen LogP) is 1.48. The normalized spacial score (nSPS) is 22.8. The molecule has 150 valence electrons. The smallest absolute Gasteiger partial charge is 0.335 e. The van der Waals surface area contributed by atoms with E-state index < -0.39 is 17.7 Å². The van der Waals surface area contributed by atoms with Crippen molar-refractivity contribution in [2.24, 2.45) is 0 Å². The number of Topliss-reactive ketones (excluding diaryl/α,β-unsaturated/α-hetero) is 1. The second-order valence-corrected chi connectivity index (χ2v) is 8.25. The molecule has 0 aliphatic carbocycles. The molecule has 0 spiro atoms. The fourth-order valence-electron chi connectivity index (χ4n) is 3.29. The van der Waals surface area contributed by atoms with Crippen molar-refractivity contribution in [3.63, 3.8) is 0 Å². The van der Waals surface area contributed by atoms with Crippen molar-refractivity contribution in [3.05, 3.63) is 35.4 Å². The molecule has 3 amide bonds. The molecule has 2 fully saturated rings. The van der Waals surface area contributed by atoms with Gasteiger partial charge >= 0.3 is 17.9 Å². The van der Waals surface area contributed by atoms with E-state index in [2.05, 4.69) is 15.5 Å². The number of benzene rings is 1. The first kappa shape index (κ1) is 20.2. The third-order valence-electron chi connectivity index (χ3n) is 4.86. The average molecular weight is 405 g/mol. The number of urea groups is 1. The second kappa shape index (κ2) is 9.09. The van der Waals surface area contributed by atoms with Crippen molar-refractivity contribution in [2.75, 3.05) is 5.75 Å². The first-order chi connectivity index (χ1) is 13.4. The number of ketones is 1. The number of hydroxylamine groups is 1. The molecule has 0 aromatic heterocycles. The molecular formula is C19H23N3O5S. The Morgan fingerprint density at radius 3 is 2.68 bits per heavy atom. The lowest BCUT2D eigenvalue weighted by atomic mass is 10.0. The van der Waals surface area contributed by atoms with E-state index in [0.29, 0.717) is 17.2 Å². The molecule has 1 aromatic rings. The number of carbonyl (C=O) groups is 4. The number of aryl methyl sites for hydroxylation is 1. The Labute approximate surface area is 167 Å². The van der Waals surface area contributed by atoms with Gasteiger partial charge in [0.1, 0.15) is 0 Å². The number of carbonyl (C=O) groups excluding carboxylic acids is 4. The molecule has 0 unspecified atom stereocenters. The van der Waals surface area contributed by atoms with Gasteiger partial charge in [0.05, 0.1) is 17.6 Å². The van der Waals surface area contributed by atoms with E-state index in [1.807, 2.05) is 24.2 Å². The minimum absolute atomic E-state index is 0.0873. The van der Waals surface area contributed by atoms with E-state index in [0.717, 1.165) is 24.2 Å². The topological polar surface area (TPSA) is 114 Å². The molecular weight excluding hydrogens is 382 g/mol. The molecule has 3 rings (SSSR count). The molecule has 3 N–H and O–H groups in total. The van der Waals surface area contributed by atoms with Crippen LogP contribution in [0, 0.1) is 6.92 Å². The summed E-state index contributed by atoms with van der Waals surface area (Å²) in [5, 5.41) is 6.14. The summed E-state index contributed by atoms with van der Waals surface area (Å²) < 4.78 is 0. The van der Waals surface area contributed by atoms with E-state index in [-0.39, 0.29) is 24.5 Å². The summed E-state index contributed by atoms with van der Waals surface area (Å²) in [4.78, 5) is 51.5. The monoisotopic (exact) mass is 405 g/mol. The van der Waals surface area contributed by atoms with Crippen LogP contribution in [0.3, 0.4) is 0 Å². The zero-order chi connectivity index (χ0) is 20.1. The maximum Gasteiger partial charge on any atom is 0.362 e. The number of amides is 3. The molecule has 28 heavy (non-hydrogen) atoms. The molecule has 2 heterocycles. The molecule has 0 radical (unpaired) electrons. The molecule has 8 nitrogen and oxygen atoms in total. The van der Waals surface area contributed by atoms with Crippen LogP contribution in [0.15, 0.2) is 24.3 Å². The number of hydrogen-bond donors (Lipinski definition) is 3. The molecule has 1 aromatic carbocycles. The summed E-state index contributed by atoms with van der Waals surface area (Å²) in [6.45, 7) is 1.89. The van der Waals surface area contributed by atoms with Crippen molar-refractivity contribution in [1.29, 1.82) is 0 Å². The fourth-order valence-corrected chi connectivity index (χ4v) is 4.83. The molecule has 0 saturated carbocycles. The Kier molecular flexibility index (Phi) is 6.56. The molecule has 2 aliphatic heterocycles. The number of unbranched alkanes of at least 4 members (excludes halogenated alkanes) is 1. The van der Waals surface area contributed by atoms with Crippen molar-refractivity contribution in [3.8, 4) is 0 Å². The second-order valence-electron chi connectivity index (χ2n) is 6.98. The number of nitrogens with one attached hydrogen (secondary N) is 3. The largest absolute Gasteiger partial charge is 0.362 e. The van der Waals surface area contributed by atoms with Gasteiger partial charge < -0.3 is 15.5 Å². The quantitative estimate of drug-likeness (QED) is 0.274. The van der Waals surface area contributed by atoms with Gasteiger partial charge in [0.15, 0.2) is 0 Å². The molecule has 3 atom stereocenters. The van der Waals surface area contributed by atoms with Crippen molar-refractivity contribution < 1.29 is 24.0 Å². The fraction of sp³-hybridized carbons (Fsp3) is 0.474. The van der Waals surface area contributed by atoms with Gasteiger partial charge in [0, 0.05) is 17.4 Å². The highest BCUT2D eigenvalue weighted by molar-refractivity contribution is 8.00. The third kappa shape index (κ3) is 5.03. The van der Waals surface area contributed by atoms with Crippen LogP contribution in [0.25, 0.3) is 0 Å². The Bertz CT molecular complexity index is 767. The maximum absolute atomic E-state index is 11.9. The summed E-state index contributed by atoms with van der Waals surface area (Å²) in [6.07, 6.45) is 2.29. The van der Waals surface area contributed by atoms with Crippen LogP contribution in [0.2, 0.25) is 0 Å². The van der Waals surface area contributed by atoms with Crippen LogP contribution >= 0.6 is 11.8 Å². The number of fused-ring (bicyclic) bond motifs is 1. The molecule has 2 aliphatic rings. The lowest BCUT2D eigenvalue weighted by Crippen LogP contribution is -2.36. The zero-order valence-electron chi connectivity index (χ0n) is 15.5. The van der Waals surface area contributed by atoms with E-state index in [1.165, 1.54) is 0 Å². The maximum atomic E-state index is 11.9. The summed E-state index contributed by atoms with van der Waals surface area (Å²) in [7, 11) is 0. The van der Waals surface area contributed by atoms with E-state index in [9.17, 15) is 19.2 Å². The van der Waals surface area contributed by atoms with Crippen LogP contribution < -0.4 is 16.1 Å². The third-order valence-corrected chi connectivity index (χ3v) is 6.37. The van der Waals surface area contributed by atoms with Crippen LogP contribution in [0.1, 0.15) is 41.6 Å².